The Kier molecular flexibility index (Phi) is 6.41. The molecular weight excluding hydrogens is 457 g/mol. The highest BCUT2D eigenvalue weighted by Crippen LogP contribution is 2.36. The lowest BCUT2D eigenvalue weighted by atomic mass is 9.99. The van der Waals surface area contributed by atoms with Gasteiger partial charge in [0.2, 0.25) is 0 Å². The van der Waals surface area contributed by atoms with Crippen LogP contribution in [0, 0.1) is 19.7 Å². The van der Waals surface area contributed by atoms with E-state index in [1.54, 1.807) is 30.3 Å². The predicted octanol–water partition coefficient (Wildman–Crippen LogP) is 5.78. The molecular formula is C25H26FN3O2S2. The number of rotatable bonds is 4. The van der Waals surface area contributed by atoms with Gasteiger partial charge in [-0.25, -0.2) is 12.8 Å². The lowest BCUT2D eigenvalue weighted by Gasteiger charge is -2.36. The Morgan fingerprint density at radius 1 is 1.03 bits per heavy atom. The Bertz CT molecular complexity index is 1310. The number of sulfonamides is 1. The van der Waals surface area contributed by atoms with Crippen LogP contribution in [0.25, 0.3) is 0 Å². The second kappa shape index (κ2) is 9.11. The summed E-state index contributed by atoms with van der Waals surface area (Å²) >= 11 is 5.41. The fourth-order valence-electron chi connectivity index (χ4n) is 4.12. The van der Waals surface area contributed by atoms with Crippen molar-refractivity contribution in [2.75, 3.05) is 14.9 Å². The van der Waals surface area contributed by atoms with Crippen LogP contribution >= 0.6 is 12.2 Å². The van der Waals surface area contributed by atoms with Gasteiger partial charge in [0.05, 0.1) is 10.6 Å². The fraction of sp³-hybridized carbons (Fsp3) is 0.240. The molecule has 3 aromatic rings. The second-order valence-corrected chi connectivity index (χ2v) is 10.6. The zero-order valence-corrected chi connectivity index (χ0v) is 20.4. The standard InChI is InChI=1S/C25H26FN3O2S2/c1-16-4-12-23(17(2)14-16)28-25(32)27-21-8-10-22(11-9-21)33(30,31)29-18(3)5-6-19-15-20(26)7-13-24(19)29/h4,7-15,18H,5-6H2,1-3H3,(H2,27,28,32). The van der Waals surface area contributed by atoms with Crippen LogP contribution in [0.2, 0.25) is 0 Å². The van der Waals surface area contributed by atoms with Gasteiger partial charge in [-0.15, -0.1) is 0 Å². The molecule has 33 heavy (non-hydrogen) atoms. The van der Waals surface area contributed by atoms with E-state index in [9.17, 15) is 12.8 Å². The molecule has 0 aliphatic carbocycles. The quantitative estimate of drug-likeness (QED) is 0.461. The number of halogens is 1. The maximum atomic E-state index is 13.7. The number of hydrogen-bond donors (Lipinski definition) is 2. The van der Waals surface area contributed by atoms with Crippen LogP contribution in [0.5, 0.6) is 0 Å². The van der Waals surface area contributed by atoms with E-state index < -0.39 is 10.0 Å². The Hall–Kier alpha value is -2.97. The molecule has 0 fully saturated rings. The van der Waals surface area contributed by atoms with Gasteiger partial charge in [0.1, 0.15) is 5.82 Å². The Morgan fingerprint density at radius 3 is 2.45 bits per heavy atom. The van der Waals surface area contributed by atoms with Crippen molar-refractivity contribution in [3.63, 3.8) is 0 Å². The minimum atomic E-state index is -3.81. The first-order chi connectivity index (χ1) is 15.6. The number of nitrogens with one attached hydrogen (secondary N) is 2. The number of anilines is 3. The molecule has 0 saturated carbocycles. The maximum absolute atomic E-state index is 13.7. The lowest BCUT2D eigenvalue weighted by Crippen LogP contribution is -2.42. The van der Waals surface area contributed by atoms with Gasteiger partial charge in [0, 0.05) is 17.4 Å². The molecule has 1 unspecified atom stereocenters. The summed E-state index contributed by atoms with van der Waals surface area (Å²) in [4.78, 5) is 0.172. The molecule has 1 heterocycles. The molecule has 8 heteroatoms. The van der Waals surface area contributed by atoms with E-state index >= 15 is 0 Å². The van der Waals surface area contributed by atoms with E-state index in [0.717, 1.165) is 11.3 Å². The highest BCUT2D eigenvalue weighted by molar-refractivity contribution is 7.92. The third-order valence-electron chi connectivity index (χ3n) is 5.81. The molecule has 1 aliphatic rings. The fourth-order valence-corrected chi connectivity index (χ4v) is 6.07. The van der Waals surface area contributed by atoms with Crippen LogP contribution in [-0.2, 0) is 16.4 Å². The highest BCUT2D eigenvalue weighted by atomic mass is 32.2. The summed E-state index contributed by atoms with van der Waals surface area (Å²) in [7, 11) is -3.81. The van der Waals surface area contributed by atoms with Crippen molar-refractivity contribution in [2.24, 2.45) is 0 Å². The first-order valence-electron chi connectivity index (χ1n) is 10.7. The van der Waals surface area contributed by atoms with Crippen LogP contribution in [0.3, 0.4) is 0 Å². The predicted molar refractivity (Wildman–Crippen MR) is 136 cm³/mol. The van der Waals surface area contributed by atoms with E-state index in [0.29, 0.717) is 34.9 Å². The second-order valence-electron chi connectivity index (χ2n) is 8.38. The zero-order chi connectivity index (χ0) is 23.8. The molecule has 0 radical (unpaired) electrons. The van der Waals surface area contributed by atoms with E-state index in [1.165, 1.54) is 22.0 Å². The van der Waals surface area contributed by atoms with Crippen LogP contribution in [-0.4, -0.2) is 19.6 Å². The van der Waals surface area contributed by atoms with Crippen molar-refractivity contribution in [1.82, 2.24) is 0 Å². The largest absolute Gasteiger partial charge is 0.332 e. The smallest absolute Gasteiger partial charge is 0.264 e. The number of benzene rings is 3. The van der Waals surface area contributed by atoms with Gasteiger partial charge in [-0.1, -0.05) is 17.7 Å². The summed E-state index contributed by atoms with van der Waals surface area (Å²) in [6, 6.07) is 16.6. The molecule has 4 rings (SSSR count). The monoisotopic (exact) mass is 483 g/mol. The van der Waals surface area contributed by atoms with Gasteiger partial charge in [0.15, 0.2) is 5.11 Å². The molecule has 0 aromatic heterocycles. The van der Waals surface area contributed by atoms with E-state index in [4.69, 9.17) is 12.2 Å². The molecule has 0 bridgehead atoms. The van der Waals surface area contributed by atoms with Gasteiger partial charge in [-0.05, 0) is 105 Å². The molecule has 0 spiro atoms. The van der Waals surface area contributed by atoms with E-state index in [-0.39, 0.29) is 16.8 Å². The van der Waals surface area contributed by atoms with Crippen molar-refractivity contribution in [3.05, 3.63) is 83.2 Å². The SMILES string of the molecule is Cc1ccc(NC(=S)Nc2ccc(S(=O)(=O)N3c4ccc(F)cc4CCC3C)cc2)c(C)c1. The molecule has 1 atom stereocenters. The number of thiocarbonyl (C=S) groups is 1. The van der Waals surface area contributed by atoms with E-state index in [1.807, 2.05) is 32.9 Å². The summed E-state index contributed by atoms with van der Waals surface area (Å²) in [6.07, 6.45) is 1.28. The van der Waals surface area contributed by atoms with Crippen molar-refractivity contribution in [1.29, 1.82) is 0 Å². The molecule has 3 aromatic carbocycles. The Labute approximate surface area is 199 Å². The van der Waals surface area contributed by atoms with Crippen LogP contribution < -0.4 is 14.9 Å². The Balaban J connectivity index is 1.52. The van der Waals surface area contributed by atoms with Gasteiger partial charge in [-0.3, -0.25) is 4.31 Å². The Morgan fingerprint density at radius 2 is 1.76 bits per heavy atom. The summed E-state index contributed by atoms with van der Waals surface area (Å²) in [5, 5.41) is 6.67. The average molecular weight is 484 g/mol. The summed E-state index contributed by atoms with van der Waals surface area (Å²) in [6.45, 7) is 5.91. The van der Waals surface area contributed by atoms with Gasteiger partial charge >= 0.3 is 0 Å². The first-order valence-corrected chi connectivity index (χ1v) is 12.6. The maximum Gasteiger partial charge on any atom is 0.264 e. The number of hydrogen-bond acceptors (Lipinski definition) is 3. The lowest BCUT2D eigenvalue weighted by molar-refractivity contribution is 0.560. The first kappa shape index (κ1) is 23.2. The number of nitrogens with zero attached hydrogens (tertiary/aromatic N) is 1. The van der Waals surface area contributed by atoms with Crippen molar-refractivity contribution in [3.8, 4) is 0 Å². The minimum absolute atomic E-state index is 0.172. The van der Waals surface area contributed by atoms with Crippen molar-refractivity contribution in [2.45, 2.75) is 44.6 Å². The molecule has 1 aliphatic heterocycles. The molecule has 0 saturated heterocycles. The summed E-state index contributed by atoms with van der Waals surface area (Å²) in [5.74, 6) is -0.360. The van der Waals surface area contributed by atoms with Crippen molar-refractivity contribution < 1.29 is 12.8 Å². The van der Waals surface area contributed by atoms with Gasteiger partial charge in [0.25, 0.3) is 10.0 Å². The van der Waals surface area contributed by atoms with Crippen LogP contribution in [0.15, 0.2) is 65.6 Å². The van der Waals surface area contributed by atoms with Crippen molar-refractivity contribution >= 4 is 44.4 Å². The molecule has 2 N–H and O–H groups in total. The molecule has 0 amide bonds. The van der Waals surface area contributed by atoms with Crippen LogP contribution in [0.4, 0.5) is 21.5 Å². The summed E-state index contributed by atoms with van der Waals surface area (Å²) < 4.78 is 42.0. The highest BCUT2D eigenvalue weighted by Gasteiger charge is 2.34. The normalized spacial score (nSPS) is 15.6. The van der Waals surface area contributed by atoms with Crippen LogP contribution in [0.1, 0.15) is 30.0 Å². The minimum Gasteiger partial charge on any atom is -0.332 e. The van der Waals surface area contributed by atoms with Gasteiger partial charge < -0.3 is 10.6 Å². The number of fused-ring (bicyclic) bond motifs is 1. The molecule has 172 valence electrons. The third kappa shape index (κ3) is 4.86. The average Bonchev–Trinajstić information content (AvgIpc) is 2.76. The summed E-state index contributed by atoms with van der Waals surface area (Å²) in [5.41, 5.74) is 5.08. The zero-order valence-electron chi connectivity index (χ0n) is 18.7. The third-order valence-corrected chi connectivity index (χ3v) is 7.96. The topological polar surface area (TPSA) is 61.4 Å². The van der Waals surface area contributed by atoms with Gasteiger partial charge in [-0.2, -0.15) is 0 Å². The van der Waals surface area contributed by atoms with E-state index in [2.05, 4.69) is 16.7 Å². The molecule has 5 nitrogen and oxygen atoms in total. The number of aryl methyl sites for hydroxylation is 3.